The second-order valence-electron chi connectivity index (χ2n) is 7.39. The number of hydrogen-bond acceptors (Lipinski definition) is 8. The van der Waals surface area contributed by atoms with Crippen LogP contribution in [0.15, 0.2) is 0 Å². The molecule has 0 aliphatic heterocycles. The molecule has 0 aromatic carbocycles. The first-order valence-electron chi connectivity index (χ1n) is 9.69. The van der Waals surface area contributed by atoms with Crippen molar-refractivity contribution >= 4 is 47.3 Å². The summed E-state index contributed by atoms with van der Waals surface area (Å²) in [6.07, 6.45) is -0.682. The number of carbonyl (C=O) groups is 6. The summed E-state index contributed by atoms with van der Waals surface area (Å²) in [7, 11) is 0. The van der Waals surface area contributed by atoms with E-state index in [-0.39, 0.29) is 17.4 Å². The van der Waals surface area contributed by atoms with Crippen LogP contribution >= 0.6 is 11.8 Å². The minimum Gasteiger partial charge on any atom is -0.480 e. The van der Waals surface area contributed by atoms with Crippen molar-refractivity contribution in [1.82, 2.24) is 16.0 Å². The van der Waals surface area contributed by atoms with Gasteiger partial charge in [0.1, 0.15) is 18.1 Å². The lowest BCUT2D eigenvalue weighted by Gasteiger charge is -2.24. The Morgan fingerprint density at radius 2 is 1.31 bits per heavy atom. The molecule has 0 aromatic rings. The van der Waals surface area contributed by atoms with Crippen LogP contribution in [0.25, 0.3) is 0 Å². The number of amides is 5. The van der Waals surface area contributed by atoms with E-state index in [4.69, 9.17) is 16.6 Å². The smallest absolute Gasteiger partial charge is 0.326 e. The third-order valence-electron chi connectivity index (χ3n) is 4.41. The van der Waals surface area contributed by atoms with Gasteiger partial charge >= 0.3 is 5.97 Å². The monoisotopic (exact) mass is 477 g/mol. The zero-order valence-corrected chi connectivity index (χ0v) is 18.9. The van der Waals surface area contributed by atoms with E-state index in [1.54, 1.807) is 20.8 Å². The first kappa shape index (κ1) is 29.1. The highest BCUT2D eigenvalue weighted by molar-refractivity contribution is 8.00. The van der Waals surface area contributed by atoms with Gasteiger partial charge in [0, 0.05) is 11.7 Å². The second-order valence-corrected chi connectivity index (χ2v) is 8.42. The van der Waals surface area contributed by atoms with E-state index in [1.807, 2.05) is 0 Å². The molecule has 0 aliphatic carbocycles. The van der Waals surface area contributed by atoms with Crippen molar-refractivity contribution in [3.05, 3.63) is 0 Å². The van der Waals surface area contributed by atoms with Crippen molar-refractivity contribution in [3.8, 4) is 0 Å². The molecule has 0 fully saturated rings. The van der Waals surface area contributed by atoms with E-state index in [2.05, 4.69) is 16.0 Å². The predicted octanol–water partition coefficient (Wildman–Crippen LogP) is -3.10. The Labute approximate surface area is 189 Å². The van der Waals surface area contributed by atoms with Gasteiger partial charge in [0.05, 0.1) is 18.8 Å². The number of rotatable bonds is 15. The van der Waals surface area contributed by atoms with Gasteiger partial charge in [0.25, 0.3) is 0 Å². The van der Waals surface area contributed by atoms with Crippen LogP contribution in [-0.4, -0.2) is 82.0 Å². The van der Waals surface area contributed by atoms with Crippen LogP contribution in [0.1, 0.15) is 27.2 Å². The molecule has 0 bridgehead atoms. The molecule has 32 heavy (non-hydrogen) atoms. The fourth-order valence-corrected chi connectivity index (χ4v) is 3.00. The molecule has 0 spiro atoms. The van der Waals surface area contributed by atoms with Crippen LogP contribution in [-0.2, 0) is 28.8 Å². The maximum Gasteiger partial charge on any atom is 0.326 e. The van der Waals surface area contributed by atoms with Crippen LogP contribution in [0.3, 0.4) is 0 Å². The zero-order chi connectivity index (χ0) is 25.0. The van der Waals surface area contributed by atoms with Gasteiger partial charge in [-0.25, -0.2) is 4.79 Å². The van der Waals surface area contributed by atoms with E-state index in [0.29, 0.717) is 0 Å². The minimum atomic E-state index is -1.64. The molecule has 9 N–H and O–H groups in total. The topological polar surface area (TPSA) is 231 Å². The summed E-state index contributed by atoms with van der Waals surface area (Å²) in [5, 5.41) is 25.4. The average Bonchev–Trinajstić information content (AvgIpc) is 2.68. The van der Waals surface area contributed by atoms with Gasteiger partial charge in [0.2, 0.25) is 29.5 Å². The maximum absolute atomic E-state index is 12.6. The van der Waals surface area contributed by atoms with Crippen molar-refractivity contribution in [3.63, 3.8) is 0 Å². The third-order valence-corrected chi connectivity index (χ3v) is 5.47. The van der Waals surface area contributed by atoms with E-state index in [9.17, 15) is 33.9 Å². The van der Waals surface area contributed by atoms with Gasteiger partial charge in [-0.1, -0.05) is 20.8 Å². The van der Waals surface area contributed by atoms with Crippen LogP contribution in [0.2, 0.25) is 0 Å². The lowest BCUT2D eigenvalue weighted by Crippen LogP contribution is -2.58. The zero-order valence-electron chi connectivity index (χ0n) is 18.1. The molecule has 1 unspecified atom stereocenters. The van der Waals surface area contributed by atoms with Gasteiger partial charge in [-0.2, -0.15) is 0 Å². The van der Waals surface area contributed by atoms with Crippen LogP contribution in [0.4, 0.5) is 0 Å². The van der Waals surface area contributed by atoms with Crippen LogP contribution < -0.4 is 27.4 Å². The Morgan fingerprint density at radius 1 is 0.812 bits per heavy atom. The Bertz CT molecular complexity index is 717. The predicted molar refractivity (Wildman–Crippen MR) is 115 cm³/mol. The molecule has 14 heteroatoms. The van der Waals surface area contributed by atoms with E-state index in [0.717, 1.165) is 11.8 Å². The number of nitrogens with two attached hydrogens (primary N) is 2. The Morgan fingerprint density at radius 3 is 1.75 bits per heavy atom. The summed E-state index contributed by atoms with van der Waals surface area (Å²) < 4.78 is 0. The molecule has 0 rings (SSSR count). The minimum absolute atomic E-state index is 0.0284. The van der Waals surface area contributed by atoms with Crippen molar-refractivity contribution in [2.45, 2.75) is 45.3 Å². The number of nitrogens with one attached hydrogen (secondary N) is 3. The molecule has 0 heterocycles. The summed E-state index contributed by atoms with van der Waals surface area (Å²) in [6, 6.07) is -4.38. The molecule has 182 valence electrons. The first-order chi connectivity index (χ1) is 14.8. The largest absolute Gasteiger partial charge is 0.480 e. The second kappa shape index (κ2) is 14.2. The summed E-state index contributed by atoms with van der Waals surface area (Å²) in [4.78, 5) is 70.6. The summed E-state index contributed by atoms with van der Waals surface area (Å²) in [6.45, 7) is 4.50. The van der Waals surface area contributed by atoms with Gasteiger partial charge < -0.3 is 37.6 Å². The molecular formula is C18H31N5O8S. The van der Waals surface area contributed by atoms with Gasteiger partial charge in [-0.05, 0) is 5.92 Å². The Kier molecular flexibility index (Phi) is 13.0. The molecule has 0 aromatic heterocycles. The molecule has 0 saturated carbocycles. The fraction of sp³-hybridized carbons (Fsp3) is 0.667. The maximum atomic E-state index is 12.6. The number of aliphatic carboxylic acids is 1. The standard InChI is InChI=1S/C18H31N5O8S/c1-8(2)9(3)15(27)22-11(5-24)16(28)23-12(6-32-7-14(20)26)17(29)21-10(18(30)31)4-13(19)25/h8-12,24H,4-7H2,1-3H3,(H2,19,25)(H2,20,26)(H,21,29)(H,22,27)(H,23,28)(H,30,31)/t9-,10?,11-,12-/m0/s1. The van der Waals surface area contributed by atoms with E-state index >= 15 is 0 Å². The number of aliphatic hydroxyl groups excluding tert-OH is 1. The lowest BCUT2D eigenvalue weighted by molar-refractivity contribution is -0.143. The van der Waals surface area contributed by atoms with E-state index < -0.39 is 72.6 Å². The first-order valence-corrected chi connectivity index (χ1v) is 10.8. The van der Waals surface area contributed by atoms with Crippen LogP contribution in [0.5, 0.6) is 0 Å². The highest BCUT2D eigenvalue weighted by atomic mass is 32.2. The summed E-state index contributed by atoms with van der Waals surface area (Å²) in [5.41, 5.74) is 10.0. The number of hydrogen-bond donors (Lipinski definition) is 7. The van der Waals surface area contributed by atoms with Crippen molar-refractivity contribution < 1.29 is 39.0 Å². The highest BCUT2D eigenvalue weighted by Crippen LogP contribution is 2.10. The normalized spacial score (nSPS) is 14.5. The molecule has 0 radical (unpaired) electrons. The number of carboxylic acids is 1. The summed E-state index contributed by atoms with van der Waals surface area (Å²) in [5.74, 6) is -6.37. The van der Waals surface area contributed by atoms with Crippen molar-refractivity contribution in [2.24, 2.45) is 23.3 Å². The van der Waals surface area contributed by atoms with Gasteiger partial charge in [0.15, 0.2) is 0 Å². The van der Waals surface area contributed by atoms with Crippen molar-refractivity contribution in [2.75, 3.05) is 18.1 Å². The Balaban J connectivity index is 5.40. The number of aliphatic hydroxyl groups is 1. The quantitative estimate of drug-likeness (QED) is 0.126. The molecular weight excluding hydrogens is 446 g/mol. The highest BCUT2D eigenvalue weighted by Gasteiger charge is 2.31. The average molecular weight is 478 g/mol. The molecule has 4 atom stereocenters. The third kappa shape index (κ3) is 10.9. The van der Waals surface area contributed by atoms with Crippen LogP contribution in [0, 0.1) is 11.8 Å². The molecule has 0 saturated heterocycles. The number of thioether (sulfide) groups is 1. The number of carbonyl (C=O) groups excluding carboxylic acids is 5. The Hall–Kier alpha value is -2.87. The molecule has 13 nitrogen and oxygen atoms in total. The number of primary amides is 2. The van der Waals surface area contributed by atoms with Gasteiger partial charge in [-0.3, -0.25) is 24.0 Å². The number of carboxylic acid groups (broad SMARTS) is 1. The van der Waals surface area contributed by atoms with Gasteiger partial charge in [-0.15, -0.1) is 11.8 Å². The molecule has 0 aliphatic rings. The summed E-state index contributed by atoms with van der Waals surface area (Å²) >= 11 is 0.892. The van der Waals surface area contributed by atoms with E-state index in [1.165, 1.54) is 0 Å². The molecule has 5 amide bonds. The fourth-order valence-electron chi connectivity index (χ4n) is 2.21. The lowest BCUT2D eigenvalue weighted by atomic mass is 9.97. The van der Waals surface area contributed by atoms with Crippen molar-refractivity contribution in [1.29, 1.82) is 0 Å². The SMILES string of the molecule is CC(C)[C@H](C)C(=O)N[C@@H](CO)C(=O)N[C@@H](CSCC(N)=O)C(=O)NC(CC(N)=O)C(=O)O.